The lowest BCUT2D eigenvalue weighted by atomic mass is 10.0. The third kappa shape index (κ3) is 1.54. The lowest BCUT2D eigenvalue weighted by Crippen LogP contribution is -2.24. The molecular weight excluding hydrogens is 104 g/mol. The molecule has 48 valence electrons. The molecule has 0 amide bonds. The van der Waals surface area contributed by atoms with Crippen molar-refractivity contribution in [1.82, 2.24) is 0 Å². The SMILES string of the molecule is C=C(O)C(C)(O)CC. The lowest BCUT2D eigenvalue weighted by molar-refractivity contribution is 0.0504. The smallest absolute Gasteiger partial charge is 0.118 e. The molecule has 0 saturated carbocycles. The second-order valence-corrected chi connectivity index (χ2v) is 2.07. The van der Waals surface area contributed by atoms with Crippen LogP contribution in [0.4, 0.5) is 0 Å². The highest BCUT2D eigenvalue weighted by Gasteiger charge is 2.20. The minimum Gasteiger partial charge on any atom is -0.510 e. The Balaban J connectivity index is 3.91. The molecule has 2 N–H and O–H groups in total. The van der Waals surface area contributed by atoms with Crippen LogP contribution in [0.15, 0.2) is 12.3 Å². The lowest BCUT2D eigenvalue weighted by Gasteiger charge is -2.18. The first kappa shape index (κ1) is 7.50. The number of aliphatic hydroxyl groups is 2. The van der Waals surface area contributed by atoms with Gasteiger partial charge in [-0.05, 0) is 13.3 Å². The summed E-state index contributed by atoms with van der Waals surface area (Å²) in [6.07, 6.45) is 0.488. The zero-order valence-corrected chi connectivity index (χ0v) is 5.31. The molecule has 2 heteroatoms. The Morgan fingerprint density at radius 2 is 2.12 bits per heavy atom. The molecule has 0 radical (unpaired) electrons. The molecule has 2 nitrogen and oxygen atoms in total. The maximum Gasteiger partial charge on any atom is 0.118 e. The van der Waals surface area contributed by atoms with E-state index in [2.05, 4.69) is 6.58 Å². The monoisotopic (exact) mass is 116 g/mol. The molecule has 0 aliphatic heterocycles. The van der Waals surface area contributed by atoms with E-state index in [-0.39, 0.29) is 5.76 Å². The molecule has 0 saturated heterocycles. The fourth-order valence-corrected chi connectivity index (χ4v) is 0.204. The van der Waals surface area contributed by atoms with E-state index in [0.717, 1.165) is 0 Å². The molecule has 0 heterocycles. The van der Waals surface area contributed by atoms with Crippen LogP contribution in [0.25, 0.3) is 0 Å². The highest BCUT2D eigenvalue weighted by molar-refractivity contribution is 4.98. The number of rotatable bonds is 2. The molecule has 1 atom stereocenters. The van der Waals surface area contributed by atoms with Crippen molar-refractivity contribution in [2.45, 2.75) is 25.9 Å². The maximum atomic E-state index is 9.05. The van der Waals surface area contributed by atoms with Crippen LogP contribution in [0.3, 0.4) is 0 Å². The van der Waals surface area contributed by atoms with Crippen molar-refractivity contribution in [2.24, 2.45) is 0 Å². The topological polar surface area (TPSA) is 40.5 Å². The quantitative estimate of drug-likeness (QED) is 0.532. The Morgan fingerprint density at radius 1 is 1.75 bits per heavy atom. The van der Waals surface area contributed by atoms with Gasteiger partial charge in [-0.15, -0.1) is 0 Å². The van der Waals surface area contributed by atoms with Gasteiger partial charge in [-0.2, -0.15) is 0 Å². The number of hydrogen-bond acceptors (Lipinski definition) is 2. The van der Waals surface area contributed by atoms with Crippen LogP contribution >= 0.6 is 0 Å². The van der Waals surface area contributed by atoms with Crippen molar-refractivity contribution in [1.29, 1.82) is 0 Å². The molecule has 0 fully saturated rings. The van der Waals surface area contributed by atoms with E-state index in [0.29, 0.717) is 6.42 Å². The van der Waals surface area contributed by atoms with Crippen molar-refractivity contribution < 1.29 is 10.2 Å². The predicted molar refractivity (Wildman–Crippen MR) is 32.7 cm³/mol. The summed E-state index contributed by atoms with van der Waals surface area (Å²) in [5.41, 5.74) is -1.10. The van der Waals surface area contributed by atoms with Crippen LogP contribution in [0, 0.1) is 0 Å². The van der Waals surface area contributed by atoms with Gasteiger partial charge >= 0.3 is 0 Å². The summed E-state index contributed by atoms with van der Waals surface area (Å²) in [6, 6.07) is 0. The van der Waals surface area contributed by atoms with Gasteiger partial charge in [0.2, 0.25) is 0 Å². The molecule has 0 rings (SSSR count). The van der Waals surface area contributed by atoms with Gasteiger partial charge in [0.05, 0.1) is 0 Å². The predicted octanol–water partition coefficient (Wildman–Crippen LogP) is 1.22. The van der Waals surface area contributed by atoms with Gasteiger partial charge < -0.3 is 10.2 Å². The summed E-state index contributed by atoms with van der Waals surface area (Å²) < 4.78 is 0. The molecule has 0 aromatic heterocycles. The molecule has 1 unspecified atom stereocenters. The van der Waals surface area contributed by atoms with E-state index in [1.165, 1.54) is 6.92 Å². The highest BCUT2D eigenvalue weighted by atomic mass is 16.3. The van der Waals surface area contributed by atoms with Crippen molar-refractivity contribution in [2.75, 3.05) is 0 Å². The van der Waals surface area contributed by atoms with Crippen LogP contribution in [0.5, 0.6) is 0 Å². The first-order chi connectivity index (χ1) is 3.50. The average molecular weight is 116 g/mol. The molecule has 0 aliphatic rings. The van der Waals surface area contributed by atoms with Gasteiger partial charge in [-0.1, -0.05) is 13.5 Å². The van der Waals surface area contributed by atoms with Crippen molar-refractivity contribution in [3.8, 4) is 0 Å². The zero-order chi connectivity index (χ0) is 6.78. The zero-order valence-electron chi connectivity index (χ0n) is 5.31. The van der Waals surface area contributed by atoms with Crippen molar-refractivity contribution in [3.05, 3.63) is 12.3 Å². The molecule has 0 aliphatic carbocycles. The van der Waals surface area contributed by atoms with Gasteiger partial charge in [-0.25, -0.2) is 0 Å². The third-order valence-electron chi connectivity index (χ3n) is 1.31. The van der Waals surface area contributed by atoms with E-state index in [4.69, 9.17) is 10.2 Å². The normalized spacial score (nSPS) is 17.4. The minimum absolute atomic E-state index is 0.167. The average Bonchev–Trinajstić information content (AvgIpc) is 1.67. The minimum atomic E-state index is -1.10. The summed E-state index contributed by atoms with van der Waals surface area (Å²) >= 11 is 0. The van der Waals surface area contributed by atoms with Crippen LogP contribution in [0.2, 0.25) is 0 Å². The Morgan fingerprint density at radius 3 is 2.12 bits per heavy atom. The summed E-state index contributed by atoms with van der Waals surface area (Å²) in [5, 5.41) is 17.7. The van der Waals surface area contributed by atoms with Crippen molar-refractivity contribution in [3.63, 3.8) is 0 Å². The number of hydrogen-bond donors (Lipinski definition) is 2. The van der Waals surface area contributed by atoms with Crippen LogP contribution in [-0.2, 0) is 0 Å². The van der Waals surface area contributed by atoms with Crippen LogP contribution < -0.4 is 0 Å². The Hall–Kier alpha value is -0.500. The van der Waals surface area contributed by atoms with E-state index < -0.39 is 5.60 Å². The van der Waals surface area contributed by atoms with E-state index in [9.17, 15) is 0 Å². The van der Waals surface area contributed by atoms with E-state index in [1.54, 1.807) is 6.92 Å². The highest BCUT2D eigenvalue weighted by Crippen LogP contribution is 2.14. The van der Waals surface area contributed by atoms with E-state index in [1.807, 2.05) is 0 Å². The van der Waals surface area contributed by atoms with Gasteiger partial charge in [-0.3, -0.25) is 0 Å². The Kier molecular flexibility index (Phi) is 2.04. The van der Waals surface area contributed by atoms with Crippen LogP contribution in [0.1, 0.15) is 20.3 Å². The second-order valence-electron chi connectivity index (χ2n) is 2.07. The molecular formula is C6H12O2. The molecule has 0 aromatic carbocycles. The van der Waals surface area contributed by atoms with Gasteiger partial charge in [0, 0.05) is 0 Å². The summed E-state index contributed by atoms with van der Waals surface area (Å²) in [7, 11) is 0. The standard InChI is InChI=1S/C6H12O2/c1-4-6(3,8)5(2)7/h7-8H,2,4H2,1,3H3. The van der Waals surface area contributed by atoms with Gasteiger partial charge in [0.25, 0.3) is 0 Å². The summed E-state index contributed by atoms with van der Waals surface area (Å²) in [5.74, 6) is -0.167. The van der Waals surface area contributed by atoms with Gasteiger partial charge in [0.1, 0.15) is 11.4 Å². The van der Waals surface area contributed by atoms with Crippen LogP contribution in [-0.4, -0.2) is 15.8 Å². The summed E-state index contributed by atoms with van der Waals surface area (Å²) in [4.78, 5) is 0. The first-order valence-corrected chi connectivity index (χ1v) is 2.61. The van der Waals surface area contributed by atoms with Crippen molar-refractivity contribution >= 4 is 0 Å². The maximum absolute atomic E-state index is 9.05. The van der Waals surface area contributed by atoms with Gasteiger partial charge in [0.15, 0.2) is 0 Å². The third-order valence-corrected chi connectivity index (χ3v) is 1.31. The second kappa shape index (κ2) is 2.18. The fourth-order valence-electron chi connectivity index (χ4n) is 0.204. The summed E-state index contributed by atoms with van der Waals surface area (Å²) in [6.45, 7) is 6.51. The molecule has 0 spiro atoms. The Bertz CT molecular complexity index is 94.7. The molecule has 8 heavy (non-hydrogen) atoms. The van der Waals surface area contributed by atoms with E-state index >= 15 is 0 Å². The first-order valence-electron chi connectivity index (χ1n) is 2.61. The Labute approximate surface area is 49.5 Å². The fraction of sp³-hybridized carbons (Fsp3) is 0.667. The number of aliphatic hydroxyl groups excluding tert-OH is 1. The molecule has 0 bridgehead atoms. The molecule has 0 aromatic rings. The largest absolute Gasteiger partial charge is 0.510 e.